The molecule has 1 heterocycles. The van der Waals surface area contributed by atoms with Crippen molar-refractivity contribution >= 4 is 23.2 Å². The van der Waals surface area contributed by atoms with E-state index in [0.29, 0.717) is 10.6 Å². The van der Waals surface area contributed by atoms with Gasteiger partial charge in [-0.15, -0.1) is 0 Å². The lowest BCUT2D eigenvalue weighted by Crippen LogP contribution is -3.17. The standard InChI is InChI=1S/C16H12ClNO/c1-11-15(12-7-9-13(17)10-8-12)18(16(11)19)14-5-3-2-4-6-14/h2-10,15H,1H2/p+1. The molecule has 0 saturated carbocycles. The average Bonchev–Trinajstić information content (AvgIpc) is 2.46. The molecule has 0 bridgehead atoms. The summed E-state index contributed by atoms with van der Waals surface area (Å²) in [5.74, 6) is 0.0612. The van der Waals surface area contributed by atoms with Gasteiger partial charge in [0, 0.05) is 10.6 Å². The first-order valence-corrected chi connectivity index (χ1v) is 6.47. The predicted molar refractivity (Wildman–Crippen MR) is 75.4 cm³/mol. The molecule has 1 N–H and O–H groups in total. The Balaban J connectivity index is 1.98. The van der Waals surface area contributed by atoms with Crippen LogP contribution < -0.4 is 4.90 Å². The van der Waals surface area contributed by atoms with Crippen LogP contribution in [0.25, 0.3) is 0 Å². The van der Waals surface area contributed by atoms with Crippen molar-refractivity contribution < 1.29 is 9.69 Å². The van der Waals surface area contributed by atoms with E-state index in [1.807, 2.05) is 54.6 Å². The highest BCUT2D eigenvalue weighted by Gasteiger charge is 2.49. The molecule has 3 rings (SSSR count). The van der Waals surface area contributed by atoms with Crippen molar-refractivity contribution in [1.82, 2.24) is 0 Å². The van der Waals surface area contributed by atoms with Gasteiger partial charge in [-0.3, -0.25) is 0 Å². The van der Waals surface area contributed by atoms with Crippen molar-refractivity contribution in [3.05, 3.63) is 77.3 Å². The van der Waals surface area contributed by atoms with Crippen LogP contribution in [0.15, 0.2) is 66.7 Å². The number of rotatable bonds is 2. The summed E-state index contributed by atoms with van der Waals surface area (Å²) in [6.45, 7) is 3.89. The Morgan fingerprint density at radius 2 is 1.63 bits per heavy atom. The maximum Gasteiger partial charge on any atom is 0.351 e. The second kappa shape index (κ2) is 4.65. The molecule has 2 nitrogen and oxygen atoms in total. The minimum atomic E-state index is -0.00725. The van der Waals surface area contributed by atoms with E-state index in [9.17, 15) is 4.79 Å². The van der Waals surface area contributed by atoms with Crippen molar-refractivity contribution in [3.63, 3.8) is 0 Å². The molecular formula is C16H13ClNO+. The minimum absolute atomic E-state index is 0.00725. The number of halogens is 1. The first kappa shape index (κ1) is 12.2. The van der Waals surface area contributed by atoms with Gasteiger partial charge in [0.2, 0.25) is 0 Å². The van der Waals surface area contributed by atoms with Crippen LogP contribution in [0, 0.1) is 0 Å². The van der Waals surface area contributed by atoms with Crippen LogP contribution >= 0.6 is 11.6 Å². The summed E-state index contributed by atoms with van der Waals surface area (Å²) in [5, 5.41) is 0.696. The van der Waals surface area contributed by atoms with Gasteiger partial charge in [0.05, 0.1) is 0 Å². The third-order valence-corrected chi connectivity index (χ3v) is 3.71. The topological polar surface area (TPSA) is 21.5 Å². The van der Waals surface area contributed by atoms with Gasteiger partial charge in [-0.1, -0.05) is 48.5 Å². The van der Waals surface area contributed by atoms with Gasteiger partial charge in [0.25, 0.3) is 0 Å². The maximum atomic E-state index is 12.1. The van der Waals surface area contributed by atoms with Crippen molar-refractivity contribution in [2.45, 2.75) is 6.04 Å². The zero-order valence-electron chi connectivity index (χ0n) is 10.3. The number of nitrogens with one attached hydrogen (secondary N) is 1. The molecule has 2 unspecified atom stereocenters. The summed E-state index contributed by atoms with van der Waals surface area (Å²) in [5.41, 5.74) is 2.69. The van der Waals surface area contributed by atoms with Gasteiger partial charge >= 0.3 is 5.91 Å². The van der Waals surface area contributed by atoms with E-state index in [-0.39, 0.29) is 11.9 Å². The second-order valence-corrected chi connectivity index (χ2v) is 5.06. The smallest absolute Gasteiger partial charge is 0.225 e. The van der Waals surface area contributed by atoms with Gasteiger partial charge in [0.1, 0.15) is 11.3 Å². The molecule has 2 aromatic rings. The van der Waals surface area contributed by atoms with Gasteiger partial charge in [-0.05, 0) is 24.3 Å². The Labute approximate surface area is 116 Å². The lowest BCUT2D eigenvalue weighted by molar-refractivity contribution is -0.803. The van der Waals surface area contributed by atoms with E-state index in [0.717, 1.165) is 16.2 Å². The largest absolute Gasteiger partial charge is 0.351 e. The summed E-state index contributed by atoms with van der Waals surface area (Å²) >= 11 is 5.90. The molecule has 0 aliphatic carbocycles. The van der Waals surface area contributed by atoms with Crippen LogP contribution in [0.1, 0.15) is 11.6 Å². The van der Waals surface area contributed by atoms with E-state index >= 15 is 0 Å². The summed E-state index contributed by atoms with van der Waals surface area (Å²) in [6.07, 6.45) is 0. The number of hydrogen-bond acceptors (Lipinski definition) is 1. The molecule has 0 spiro atoms. The van der Waals surface area contributed by atoms with Crippen LogP contribution in [0.3, 0.4) is 0 Å². The fourth-order valence-electron chi connectivity index (χ4n) is 2.47. The van der Waals surface area contributed by atoms with E-state index in [1.165, 1.54) is 0 Å². The van der Waals surface area contributed by atoms with Crippen LogP contribution in [-0.2, 0) is 4.79 Å². The van der Waals surface area contributed by atoms with E-state index in [4.69, 9.17) is 11.6 Å². The zero-order chi connectivity index (χ0) is 13.4. The highest BCUT2D eigenvalue weighted by Crippen LogP contribution is 2.27. The molecule has 2 aromatic carbocycles. The molecule has 1 fully saturated rings. The van der Waals surface area contributed by atoms with Gasteiger partial charge < -0.3 is 0 Å². The fraction of sp³-hybridized carbons (Fsp3) is 0.0625. The maximum absolute atomic E-state index is 12.1. The highest BCUT2D eigenvalue weighted by molar-refractivity contribution is 6.30. The lowest BCUT2D eigenvalue weighted by atomic mass is 9.88. The van der Waals surface area contributed by atoms with Crippen LogP contribution in [0.4, 0.5) is 5.69 Å². The second-order valence-electron chi connectivity index (χ2n) is 4.62. The number of para-hydroxylation sites is 1. The average molecular weight is 271 g/mol. The molecule has 19 heavy (non-hydrogen) atoms. The fourth-order valence-corrected chi connectivity index (χ4v) is 2.60. The van der Waals surface area contributed by atoms with Crippen LogP contribution in [0.5, 0.6) is 0 Å². The molecule has 1 saturated heterocycles. The Bertz CT molecular complexity index is 634. The van der Waals surface area contributed by atoms with Crippen molar-refractivity contribution in [2.24, 2.45) is 0 Å². The molecule has 2 atom stereocenters. The number of carbonyl (C=O) groups is 1. The Morgan fingerprint density at radius 1 is 1.00 bits per heavy atom. The normalized spacial score (nSPS) is 22.2. The third-order valence-electron chi connectivity index (χ3n) is 3.46. The number of benzene rings is 2. The zero-order valence-corrected chi connectivity index (χ0v) is 11.0. The first-order valence-electron chi connectivity index (χ1n) is 6.09. The van der Waals surface area contributed by atoms with Crippen LogP contribution in [0.2, 0.25) is 5.02 Å². The molecule has 1 aliphatic rings. The number of β-lactam (4-membered cyclic amide) rings is 1. The van der Waals surface area contributed by atoms with Gasteiger partial charge in [-0.25, -0.2) is 9.69 Å². The molecule has 0 radical (unpaired) electrons. The summed E-state index contributed by atoms with van der Waals surface area (Å²) in [6, 6.07) is 17.3. The highest BCUT2D eigenvalue weighted by atomic mass is 35.5. The SMILES string of the molecule is C=C1C(=O)[NH+](c2ccccc2)C1c1ccc(Cl)cc1. The molecule has 0 aromatic heterocycles. The predicted octanol–water partition coefficient (Wildman–Crippen LogP) is 2.69. The van der Waals surface area contributed by atoms with Crippen LogP contribution in [-0.4, -0.2) is 5.91 Å². The monoisotopic (exact) mass is 270 g/mol. The van der Waals surface area contributed by atoms with Gasteiger partial charge in [-0.2, -0.15) is 0 Å². The summed E-state index contributed by atoms with van der Waals surface area (Å²) in [7, 11) is 0. The number of hydrogen-bond donors (Lipinski definition) is 1. The summed E-state index contributed by atoms with van der Waals surface area (Å²) in [4.78, 5) is 12.9. The molecule has 3 heteroatoms. The minimum Gasteiger partial charge on any atom is -0.225 e. The molecular weight excluding hydrogens is 258 g/mol. The quantitative estimate of drug-likeness (QED) is 0.658. The van der Waals surface area contributed by atoms with Crippen molar-refractivity contribution in [3.8, 4) is 0 Å². The molecule has 94 valence electrons. The first-order chi connectivity index (χ1) is 9.18. The Morgan fingerprint density at radius 3 is 2.26 bits per heavy atom. The number of amides is 1. The third kappa shape index (κ3) is 1.99. The Hall–Kier alpha value is -1.90. The van der Waals surface area contributed by atoms with Crippen molar-refractivity contribution in [1.29, 1.82) is 0 Å². The van der Waals surface area contributed by atoms with Crippen molar-refractivity contribution in [2.75, 3.05) is 0 Å². The Kier molecular flexibility index (Phi) is 2.97. The van der Waals surface area contributed by atoms with E-state index < -0.39 is 0 Å². The molecule has 1 amide bonds. The lowest BCUT2D eigenvalue weighted by Gasteiger charge is -2.35. The summed E-state index contributed by atoms with van der Waals surface area (Å²) < 4.78 is 0. The van der Waals surface area contributed by atoms with Gasteiger partial charge in [0.15, 0.2) is 6.04 Å². The number of carbonyl (C=O) groups excluding carboxylic acids is 1. The van der Waals surface area contributed by atoms with E-state index in [1.54, 1.807) is 0 Å². The number of quaternary nitrogens is 1. The molecule has 1 aliphatic heterocycles. The van der Waals surface area contributed by atoms with E-state index in [2.05, 4.69) is 6.58 Å².